The van der Waals surface area contributed by atoms with Crippen molar-refractivity contribution in [3.8, 4) is 0 Å². The van der Waals surface area contributed by atoms with Crippen LogP contribution in [-0.4, -0.2) is 48.1 Å². The van der Waals surface area contributed by atoms with Gasteiger partial charge in [-0.25, -0.2) is 4.39 Å². The molecule has 0 spiro atoms. The van der Waals surface area contributed by atoms with E-state index in [1.165, 1.54) is 12.1 Å². The summed E-state index contributed by atoms with van der Waals surface area (Å²) in [6.45, 7) is 3.93. The summed E-state index contributed by atoms with van der Waals surface area (Å²) in [6.07, 6.45) is 3.46. The zero-order valence-electron chi connectivity index (χ0n) is 14.5. The predicted octanol–water partition coefficient (Wildman–Crippen LogP) is 2.10. The van der Waals surface area contributed by atoms with Crippen molar-refractivity contribution in [2.24, 2.45) is 11.8 Å². The first-order valence-corrected chi connectivity index (χ1v) is 8.95. The summed E-state index contributed by atoms with van der Waals surface area (Å²) in [6, 6.07) is 10.1. The molecular weight excluding hydrogens is 333 g/mol. The number of carbonyl (C=O) groups is 1. The molecule has 1 aromatic heterocycles. The van der Waals surface area contributed by atoms with Gasteiger partial charge in [0.1, 0.15) is 5.82 Å². The number of nitrogens with zero attached hydrogens (tertiary/aromatic N) is 2. The summed E-state index contributed by atoms with van der Waals surface area (Å²) >= 11 is 0. The second kappa shape index (κ2) is 7.51. The molecule has 6 heteroatoms. The number of aromatic nitrogens is 1. The number of fused-ring (bicyclic) bond motifs is 1. The van der Waals surface area contributed by atoms with Gasteiger partial charge in [-0.2, -0.15) is 0 Å². The molecule has 2 aliphatic heterocycles. The second-order valence-corrected chi connectivity index (χ2v) is 7.06. The highest BCUT2D eigenvalue weighted by Gasteiger charge is 2.43. The summed E-state index contributed by atoms with van der Waals surface area (Å²) in [4.78, 5) is 18.5. The fourth-order valence-corrected chi connectivity index (χ4v) is 3.90. The molecule has 1 N–H and O–H groups in total. The fraction of sp³-hybridized carbons (Fsp3) is 0.400. The number of pyridine rings is 1. The van der Waals surface area contributed by atoms with Crippen LogP contribution in [0.2, 0.25) is 0 Å². The molecule has 2 aliphatic rings. The number of carbonyl (C=O) groups excluding carboxylic acids is 1. The number of nitrogens with one attached hydrogen (secondary N) is 1. The lowest BCUT2D eigenvalue weighted by Gasteiger charge is -2.20. The van der Waals surface area contributed by atoms with Gasteiger partial charge in [-0.1, -0.05) is 12.1 Å². The normalized spacial score (nSPS) is 25.2. The summed E-state index contributed by atoms with van der Waals surface area (Å²) in [7, 11) is 0. The molecule has 1 aromatic carbocycles. The molecule has 0 aliphatic carbocycles. The van der Waals surface area contributed by atoms with Crippen LogP contribution in [0.1, 0.15) is 15.9 Å². The Morgan fingerprint density at radius 3 is 2.73 bits per heavy atom. The van der Waals surface area contributed by atoms with Gasteiger partial charge in [0.2, 0.25) is 0 Å². The monoisotopic (exact) mass is 355 g/mol. The lowest BCUT2D eigenvalue weighted by atomic mass is 9.93. The van der Waals surface area contributed by atoms with E-state index in [1.54, 1.807) is 24.5 Å². The molecule has 4 rings (SSSR count). The molecule has 0 radical (unpaired) electrons. The standard InChI is InChI=1S/C20H22FN3O2/c21-17-3-1-14(2-4-17)10-24-11-18-16(13-26-19(18)12-24)9-23-20(25)15-5-7-22-8-6-15/h1-8,16,18-19H,9-13H2,(H,23,25)/t16-,18+,19+/m1/s1. The molecule has 5 nitrogen and oxygen atoms in total. The number of amides is 1. The highest BCUT2D eigenvalue weighted by Crippen LogP contribution is 2.34. The molecule has 2 saturated heterocycles. The largest absolute Gasteiger partial charge is 0.376 e. The van der Waals surface area contributed by atoms with E-state index >= 15 is 0 Å². The SMILES string of the molecule is O=C(NC[C@@H]1CO[C@H]2CN(Cc3ccc(F)cc3)C[C@@H]12)c1ccncc1. The first kappa shape index (κ1) is 17.1. The van der Waals surface area contributed by atoms with Gasteiger partial charge < -0.3 is 10.1 Å². The Labute approximate surface area is 152 Å². The van der Waals surface area contributed by atoms with Crippen molar-refractivity contribution in [1.82, 2.24) is 15.2 Å². The number of likely N-dealkylation sites (tertiary alicyclic amines) is 1. The average Bonchev–Trinajstić information content (AvgIpc) is 3.23. The Kier molecular flexibility index (Phi) is 4.95. The minimum Gasteiger partial charge on any atom is -0.376 e. The maximum Gasteiger partial charge on any atom is 0.251 e. The van der Waals surface area contributed by atoms with E-state index in [9.17, 15) is 9.18 Å². The quantitative estimate of drug-likeness (QED) is 0.892. The lowest BCUT2D eigenvalue weighted by molar-refractivity contribution is 0.0903. The average molecular weight is 355 g/mol. The van der Waals surface area contributed by atoms with E-state index in [0.717, 1.165) is 25.2 Å². The van der Waals surface area contributed by atoms with Gasteiger partial charge in [-0.05, 0) is 29.8 Å². The third-order valence-electron chi connectivity index (χ3n) is 5.30. The lowest BCUT2D eigenvalue weighted by Crippen LogP contribution is -2.34. The Morgan fingerprint density at radius 2 is 1.96 bits per heavy atom. The summed E-state index contributed by atoms with van der Waals surface area (Å²) in [5.41, 5.74) is 1.73. The highest BCUT2D eigenvalue weighted by atomic mass is 19.1. The van der Waals surface area contributed by atoms with Crippen molar-refractivity contribution in [2.75, 3.05) is 26.2 Å². The van der Waals surface area contributed by atoms with Gasteiger partial charge in [0, 0.05) is 56.0 Å². The van der Waals surface area contributed by atoms with Gasteiger partial charge in [0.15, 0.2) is 0 Å². The number of benzene rings is 1. The third kappa shape index (κ3) is 3.76. The molecule has 2 aromatic rings. The highest BCUT2D eigenvalue weighted by molar-refractivity contribution is 5.93. The van der Waals surface area contributed by atoms with Crippen LogP contribution in [0.3, 0.4) is 0 Å². The minimum absolute atomic E-state index is 0.0722. The Hall–Kier alpha value is -2.31. The van der Waals surface area contributed by atoms with E-state index in [0.29, 0.717) is 30.6 Å². The van der Waals surface area contributed by atoms with Crippen molar-refractivity contribution in [2.45, 2.75) is 12.6 Å². The zero-order valence-corrected chi connectivity index (χ0v) is 14.5. The maximum absolute atomic E-state index is 13.0. The van der Waals surface area contributed by atoms with Crippen molar-refractivity contribution in [3.63, 3.8) is 0 Å². The molecule has 1 amide bonds. The molecule has 3 heterocycles. The molecule has 26 heavy (non-hydrogen) atoms. The van der Waals surface area contributed by atoms with Crippen LogP contribution < -0.4 is 5.32 Å². The molecule has 0 saturated carbocycles. The van der Waals surface area contributed by atoms with Crippen molar-refractivity contribution >= 4 is 5.91 Å². The van der Waals surface area contributed by atoms with E-state index < -0.39 is 0 Å². The number of rotatable bonds is 5. The van der Waals surface area contributed by atoms with Gasteiger partial charge in [-0.15, -0.1) is 0 Å². The topological polar surface area (TPSA) is 54.5 Å². The molecule has 3 atom stereocenters. The van der Waals surface area contributed by atoms with Gasteiger partial charge in [0.05, 0.1) is 12.7 Å². The Bertz CT molecular complexity index is 753. The van der Waals surface area contributed by atoms with Crippen LogP contribution in [0.25, 0.3) is 0 Å². The van der Waals surface area contributed by atoms with E-state index in [-0.39, 0.29) is 17.8 Å². The minimum atomic E-state index is -0.208. The summed E-state index contributed by atoms with van der Waals surface area (Å²) in [5, 5.41) is 3.02. The van der Waals surface area contributed by atoms with Gasteiger partial charge >= 0.3 is 0 Å². The van der Waals surface area contributed by atoms with E-state index in [4.69, 9.17) is 4.74 Å². The smallest absolute Gasteiger partial charge is 0.251 e. The van der Waals surface area contributed by atoms with Crippen LogP contribution in [0.15, 0.2) is 48.8 Å². The van der Waals surface area contributed by atoms with Crippen molar-refractivity contribution < 1.29 is 13.9 Å². The van der Waals surface area contributed by atoms with E-state index in [2.05, 4.69) is 15.2 Å². The molecule has 136 valence electrons. The first-order chi connectivity index (χ1) is 12.7. The zero-order chi connectivity index (χ0) is 17.9. The Balaban J connectivity index is 1.30. The molecule has 0 bridgehead atoms. The van der Waals surface area contributed by atoms with Crippen LogP contribution >= 0.6 is 0 Å². The Morgan fingerprint density at radius 1 is 1.19 bits per heavy atom. The van der Waals surface area contributed by atoms with Crippen molar-refractivity contribution in [3.05, 3.63) is 65.7 Å². The molecule has 2 fully saturated rings. The van der Waals surface area contributed by atoms with Crippen LogP contribution in [-0.2, 0) is 11.3 Å². The summed E-state index contributed by atoms with van der Waals surface area (Å²) in [5.74, 6) is 0.467. The van der Waals surface area contributed by atoms with Crippen LogP contribution in [0.4, 0.5) is 4.39 Å². The second-order valence-electron chi connectivity index (χ2n) is 7.06. The number of hydrogen-bond donors (Lipinski definition) is 1. The summed E-state index contributed by atoms with van der Waals surface area (Å²) < 4.78 is 19.0. The molecule has 0 unspecified atom stereocenters. The third-order valence-corrected chi connectivity index (χ3v) is 5.30. The van der Waals surface area contributed by atoms with E-state index in [1.807, 2.05) is 12.1 Å². The van der Waals surface area contributed by atoms with Crippen molar-refractivity contribution in [1.29, 1.82) is 0 Å². The number of ether oxygens (including phenoxy) is 1. The van der Waals surface area contributed by atoms with Crippen LogP contribution in [0, 0.1) is 17.7 Å². The van der Waals surface area contributed by atoms with Gasteiger partial charge in [0.25, 0.3) is 5.91 Å². The fourth-order valence-electron chi connectivity index (χ4n) is 3.90. The predicted molar refractivity (Wildman–Crippen MR) is 95.0 cm³/mol. The maximum atomic E-state index is 13.0. The van der Waals surface area contributed by atoms with Gasteiger partial charge in [-0.3, -0.25) is 14.7 Å². The molecular formula is C20H22FN3O2. The van der Waals surface area contributed by atoms with Crippen LogP contribution in [0.5, 0.6) is 0 Å². The first-order valence-electron chi connectivity index (χ1n) is 8.95. The number of halogens is 1. The number of hydrogen-bond acceptors (Lipinski definition) is 4.